The van der Waals surface area contributed by atoms with E-state index in [-0.39, 0.29) is 19.3 Å². The summed E-state index contributed by atoms with van der Waals surface area (Å²) in [6, 6.07) is 3.59. The predicted molar refractivity (Wildman–Crippen MR) is 69.5 cm³/mol. The maximum Gasteiger partial charge on any atom is 0.257 e. The van der Waals surface area contributed by atoms with Gasteiger partial charge in [0.25, 0.3) is 5.91 Å². The van der Waals surface area contributed by atoms with E-state index in [0.717, 1.165) is 5.56 Å². The third kappa shape index (κ3) is 3.29. The van der Waals surface area contributed by atoms with Crippen molar-refractivity contribution in [1.29, 1.82) is 0 Å². The van der Waals surface area contributed by atoms with Gasteiger partial charge in [0.05, 0.1) is 0 Å². The molecule has 2 rings (SSSR count). The zero-order valence-corrected chi connectivity index (χ0v) is 10.9. The zero-order chi connectivity index (χ0) is 13.7. The van der Waals surface area contributed by atoms with Gasteiger partial charge >= 0.3 is 0 Å². The predicted octanol–water partition coefficient (Wildman–Crippen LogP) is 0.431. The fraction of sp³-hybridized carbons (Fsp3) is 0.462. The van der Waals surface area contributed by atoms with Crippen LogP contribution < -0.4 is 25.3 Å². The SMILES string of the molecule is CCNC(=O)COc1cc2c(cc1CCN)OCO2. The first-order chi connectivity index (χ1) is 9.24. The molecule has 1 aliphatic rings. The van der Waals surface area contributed by atoms with Gasteiger partial charge < -0.3 is 25.3 Å². The topological polar surface area (TPSA) is 82.8 Å². The van der Waals surface area contributed by atoms with Crippen molar-refractivity contribution in [3.05, 3.63) is 17.7 Å². The highest BCUT2D eigenvalue weighted by molar-refractivity contribution is 5.77. The molecule has 0 radical (unpaired) electrons. The number of nitrogens with two attached hydrogens (primary N) is 1. The maximum atomic E-state index is 11.4. The van der Waals surface area contributed by atoms with Crippen LogP contribution in [0.25, 0.3) is 0 Å². The van der Waals surface area contributed by atoms with Crippen LogP contribution >= 0.6 is 0 Å². The van der Waals surface area contributed by atoms with Crippen LogP contribution in [0, 0.1) is 0 Å². The van der Waals surface area contributed by atoms with E-state index in [0.29, 0.717) is 36.8 Å². The summed E-state index contributed by atoms with van der Waals surface area (Å²) in [5.41, 5.74) is 6.48. The van der Waals surface area contributed by atoms with Crippen molar-refractivity contribution < 1.29 is 19.0 Å². The highest BCUT2D eigenvalue weighted by Gasteiger charge is 2.18. The normalized spacial score (nSPS) is 12.3. The molecule has 1 heterocycles. The summed E-state index contributed by atoms with van der Waals surface area (Å²) >= 11 is 0. The van der Waals surface area contributed by atoms with Gasteiger partial charge in [-0.3, -0.25) is 4.79 Å². The third-order valence-electron chi connectivity index (χ3n) is 2.70. The minimum atomic E-state index is -0.154. The van der Waals surface area contributed by atoms with Crippen LogP contribution in [0.1, 0.15) is 12.5 Å². The van der Waals surface area contributed by atoms with Crippen LogP contribution in [0.5, 0.6) is 17.2 Å². The second kappa shape index (κ2) is 6.29. The Kier molecular flexibility index (Phi) is 4.46. The average molecular weight is 266 g/mol. The van der Waals surface area contributed by atoms with E-state index >= 15 is 0 Å². The minimum absolute atomic E-state index is 0.0228. The Morgan fingerprint density at radius 2 is 2.16 bits per heavy atom. The smallest absolute Gasteiger partial charge is 0.257 e. The van der Waals surface area contributed by atoms with E-state index in [2.05, 4.69) is 5.32 Å². The van der Waals surface area contributed by atoms with E-state index in [1.807, 2.05) is 13.0 Å². The number of fused-ring (bicyclic) bond motifs is 1. The maximum absolute atomic E-state index is 11.4. The highest BCUT2D eigenvalue weighted by atomic mass is 16.7. The Hall–Kier alpha value is -1.95. The molecule has 0 fully saturated rings. The summed E-state index contributed by atoms with van der Waals surface area (Å²) in [5.74, 6) is 1.78. The Labute approximate surface area is 111 Å². The molecular weight excluding hydrogens is 248 g/mol. The molecule has 19 heavy (non-hydrogen) atoms. The lowest BCUT2D eigenvalue weighted by Crippen LogP contribution is -2.28. The molecule has 104 valence electrons. The summed E-state index contributed by atoms with van der Waals surface area (Å²) in [5, 5.41) is 2.67. The first-order valence-corrected chi connectivity index (χ1v) is 6.26. The number of carbonyl (C=O) groups excluding carboxylic acids is 1. The lowest BCUT2D eigenvalue weighted by atomic mass is 10.1. The summed E-state index contributed by atoms with van der Waals surface area (Å²) in [6.07, 6.45) is 0.654. The van der Waals surface area contributed by atoms with E-state index < -0.39 is 0 Å². The van der Waals surface area contributed by atoms with Crippen molar-refractivity contribution in [1.82, 2.24) is 5.32 Å². The number of amides is 1. The average Bonchev–Trinajstić information content (AvgIpc) is 2.84. The zero-order valence-electron chi connectivity index (χ0n) is 10.9. The van der Waals surface area contributed by atoms with Gasteiger partial charge in [0.1, 0.15) is 5.75 Å². The Bertz CT molecular complexity index is 462. The molecule has 6 heteroatoms. The number of likely N-dealkylation sites (N-methyl/N-ethyl adjacent to an activating group) is 1. The minimum Gasteiger partial charge on any atom is -0.483 e. The number of hydrogen-bond acceptors (Lipinski definition) is 5. The van der Waals surface area contributed by atoms with Gasteiger partial charge in [0, 0.05) is 12.6 Å². The molecule has 0 aromatic heterocycles. The summed E-state index contributed by atoms with van der Waals surface area (Å²) < 4.78 is 16.1. The Morgan fingerprint density at radius 3 is 2.84 bits per heavy atom. The highest BCUT2D eigenvalue weighted by Crippen LogP contribution is 2.38. The molecule has 6 nitrogen and oxygen atoms in total. The fourth-order valence-corrected chi connectivity index (χ4v) is 1.84. The lowest BCUT2D eigenvalue weighted by molar-refractivity contribution is -0.122. The molecule has 0 unspecified atom stereocenters. The summed E-state index contributed by atoms with van der Waals surface area (Å²) in [6.45, 7) is 3.12. The number of nitrogens with one attached hydrogen (secondary N) is 1. The summed E-state index contributed by atoms with van der Waals surface area (Å²) in [7, 11) is 0. The second-order valence-electron chi connectivity index (χ2n) is 4.09. The van der Waals surface area contributed by atoms with E-state index in [1.54, 1.807) is 6.07 Å². The van der Waals surface area contributed by atoms with E-state index in [9.17, 15) is 4.79 Å². The first kappa shape index (κ1) is 13.5. The van der Waals surface area contributed by atoms with E-state index in [4.69, 9.17) is 19.9 Å². The van der Waals surface area contributed by atoms with Crippen LogP contribution in [-0.4, -0.2) is 32.4 Å². The molecule has 0 spiro atoms. The molecule has 0 saturated carbocycles. The number of ether oxygens (including phenoxy) is 3. The lowest BCUT2D eigenvalue weighted by Gasteiger charge is -2.12. The van der Waals surface area contributed by atoms with Gasteiger partial charge in [-0.1, -0.05) is 0 Å². The number of benzene rings is 1. The Balaban J connectivity index is 2.11. The van der Waals surface area contributed by atoms with Gasteiger partial charge in [-0.2, -0.15) is 0 Å². The molecule has 1 amide bonds. The molecule has 0 bridgehead atoms. The van der Waals surface area contributed by atoms with Gasteiger partial charge in [-0.05, 0) is 31.5 Å². The quantitative estimate of drug-likeness (QED) is 0.780. The van der Waals surface area contributed by atoms with Crippen molar-refractivity contribution in [3.63, 3.8) is 0 Å². The van der Waals surface area contributed by atoms with Crippen molar-refractivity contribution in [3.8, 4) is 17.2 Å². The molecule has 3 N–H and O–H groups in total. The first-order valence-electron chi connectivity index (χ1n) is 6.26. The van der Waals surface area contributed by atoms with Crippen LogP contribution in [-0.2, 0) is 11.2 Å². The van der Waals surface area contributed by atoms with Crippen LogP contribution in [0.2, 0.25) is 0 Å². The molecule has 1 aromatic rings. The fourth-order valence-electron chi connectivity index (χ4n) is 1.84. The number of rotatable bonds is 6. The monoisotopic (exact) mass is 266 g/mol. The van der Waals surface area contributed by atoms with E-state index in [1.165, 1.54) is 0 Å². The third-order valence-corrected chi connectivity index (χ3v) is 2.70. The number of carbonyl (C=O) groups is 1. The second-order valence-corrected chi connectivity index (χ2v) is 4.09. The van der Waals surface area contributed by atoms with Crippen molar-refractivity contribution in [2.75, 3.05) is 26.5 Å². The molecular formula is C13H18N2O4. The van der Waals surface area contributed by atoms with Gasteiger partial charge in [-0.25, -0.2) is 0 Å². The standard InChI is InChI=1S/C13H18N2O4/c1-2-15-13(16)7-17-10-6-12-11(18-8-19-12)5-9(10)3-4-14/h5-6H,2-4,7-8,14H2,1H3,(H,15,16). The van der Waals surface area contributed by atoms with Crippen molar-refractivity contribution in [2.45, 2.75) is 13.3 Å². The summed E-state index contributed by atoms with van der Waals surface area (Å²) in [4.78, 5) is 11.4. The van der Waals surface area contributed by atoms with Crippen LogP contribution in [0.3, 0.4) is 0 Å². The van der Waals surface area contributed by atoms with Crippen molar-refractivity contribution in [2.24, 2.45) is 5.73 Å². The van der Waals surface area contributed by atoms with Gasteiger partial charge in [0.15, 0.2) is 18.1 Å². The number of hydrogen-bond donors (Lipinski definition) is 2. The van der Waals surface area contributed by atoms with Crippen LogP contribution in [0.15, 0.2) is 12.1 Å². The van der Waals surface area contributed by atoms with Gasteiger partial charge in [0.2, 0.25) is 6.79 Å². The van der Waals surface area contributed by atoms with Crippen LogP contribution in [0.4, 0.5) is 0 Å². The van der Waals surface area contributed by atoms with Crippen molar-refractivity contribution >= 4 is 5.91 Å². The molecule has 1 aromatic carbocycles. The van der Waals surface area contributed by atoms with Gasteiger partial charge in [-0.15, -0.1) is 0 Å². The molecule has 0 atom stereocenters. The Morgan fingerprint density at radius 1 is 1.42 bits per heavy atom. The molecule has 0 saturated heterocycles. The molecule has 0 aliphatic carbocycles. The largest absolute Gasteiger partial charge is 0.483 e. The molecule has 1 aliphatic heterocycles.